The van der Waals surface area contributed by atoms with Gasteiger partial charge in [-0.1, -0.05) is 19.8 Å². The van der Waals surface area contributed by atoms with Gasteiger partial charge in [-0.15, -0.1) is 0 Å². The summed E-state index contributed by atoms with van der Waals surface area (Å²) in [5, 5.41) is 0. The predicted molar refractivity (Wildman–Crippen MR) is 38.4 cm³/mol. The van der Waals surface area contributed by atoms with Crippen molar-refractivity contribution in [1.29, 1.82) is 0 Å². The van der Waals surface area contributed by atoms with E-state index in [0.717, 1.165) is 5.92 Å². The molecule has 0 radical (unpaired) electrons. The molecule has 0 N–H and O–H groups in total. The molecule has 1 aliphatic rings. The Balaban J connectivity index is 2.23. The third-order valence-electron chi connectivity index (χ3n) is 2.22. The second-order valence-corrected chi connectivity index (χ2v) is 3.13. The Hall–Kier alpha value is -0.0400. The molecule has 2 atom stereocenters. The summed E-state index contributed by atoms with van der Waals surface area (Å²) >= 11 is 0. The highest BCUT2D eigenvalue weighted by atomic mass is 16.5. The molecular formula is C8H16O. The molecule has 0 aliphatic heterocycles. The molecule has 0 spiro atoms. The second kappa shape index (κ2) is 3.21. The molecule has 1 nitrogen and oxygen atoms in total. The Labute approximate surface area is 57.4 Å². The largest absolute Gasteiger partial charge is 0.381 e. The third kappa shape index (κ3) is 1.98. The molecule has 1 heteroatoms. The maximum atomic E-state index is 5.26. The number of hydrogen-bond acceptors (Lipinski definition) is 1. The molecule has 1 fully saturated rings. The van der Waals surface area contributed by atoms with Crippen LogP contribution in [0.2, 0.25) is 0 Å². The van der Waals surface area contributed by atoms with Crippen LogP contribution in [-0.2, 0) is 4.74 Å². The van der Waals surface area contributed by atoms with Crippen molar-refractivity contribution in [3.63, 3.8) is 0 Å². The van der Waals surface area contributed by atoms with Crippen LogP contribution in [0.15, 0.2) is 0 Å². The van der Waals surface area contributed by atoms with E-state index in [1.54, 1.807) is 0 Å². The minimum atomic E-state index is 0.564. The number of methoxy groups -OCH3 is 1. The van der Waals surface area contributed by atoms with E-state index < -0.39 is 0 Å². The Morgan fingerprint density at radius 3 is 2.56 bits per heavy atom. The van der Waals surface area contributed by atoms with Gasteiger partial charge < -0.3 is 4.74 Å². The zero-order valence-corrected chi connectivity index (χ0v) is 6.39. The van der Waals surface area contributed by atoms with E-state index in [-0.39, 0.29) is 0 Å². The van der Waals surface area contributed by atoms with E-state index in [4.69, 9.17) is 4.74 Å². The lowest BCUT2D eigenvalue weighted by molar-refractivity contribution is 0.0542. The molecule has 1 saturated carbocycles. The van der Waals surface area contributed by atoms with E-state index in [1.165, 1.54) is 25.7 Å². The van der Waals surface area contributed by atoms with Crippen LogP contribution in [0.5, 0.6) is 0 Å². The first kappa shape index (κ1) is 7.07. The normalized spacial score (nSPS) is 36.7. The minimum absolute atomic E-state index is 0.564. The van der Waals surface area contributed by atoms with Crippen LogP contribution in [0.4, 0.5) is 0 Å². The van der Waals surface area contributed by atoms with Crippen LogP contribution in [0.3, 0.4) is 0 Å². The lowest BCUT2D eigenvalue weighted by Crippen LogP contribution is -2.19. The molecule has 0 amide bonds. The van der Waals surface area contributed by atoms with Crippen LogP contribution in [0.1, 0.15) is 32.6 Å². The maximum absolute atomic E-state index is 5.26. The van der Waals surface area contributed by atoms with Crippen molar-refractivity contribution >= 4 is 0 Å². The SMILES string of the molecule is CO[C@@H]1CCC[C@@H](C)C1. The molecule has 0 saturated heterocycles. The predicted octanol–water partition coefficient (Wildman–Crippen LogP) is 2.21. The molecular weight excluding hydrogens is 112 g/mol. The lowest BCUT2D eigenvalue weighted by atomic mass is 9.89. The minimum Gasteiger partial charge on any atom is -0.381 e. The lowest BCUT2D eigenvalue weighted by Gasteiger charge is -2.25. The Kier molecular flexibility index (Phi) is 2.52. The average Bonchev–Trinajstić information content (AvgIpc) is 1.88. The first-order valence-electron chi connectivity index (χ1n) is 3.85. The Bertz CT molecular complexity index is 80.6. The topological polar surface area (TPSA) is 9.23 Å². The van der Waals surface area contributed by atoms with Gasteiger partial charge in [0.2, 0.25) is 0 Å². The molecule has 0 heterocycles. The van der Waals surface area contributed by atoms with E-state index in [0.29, 0.717) is 6.10 Å². The van der Waals surface area contributed by atoms with Gasteiger partial charge in [0, 0.05) is 7.11 Å². The van der Waals surface area contributed by atoms with Gasteiger partial charge in [0.1, 0.15) is 0 Å². The Morgan fingerprint density at radius 1 is 1.33 bits per heavy atom. The van der Waals surface area contributed by atoms with Crippen molar-refractivity contribution in [2.45, 2.75) is 38.7 Å². The molecule has 0 aromatic carbocycles. The summed E-state index contributed by atoms with van der Waals surface area (Å²) in [6.45, 7) is 2.31. The van der Waals surface area contributed by atoms with Crippen molar-refractivity contribution in [1.82, 2.24) is 0 Å². The van der Waals surface area contributed by atoms with Gasteiger partial charge in [0.25, 0.3) is 0 Å². The van der Waals surface area contributed by atoms with Crippen molar-refractivity contribution < 1.29 is 4.74 Å². The highest BCUT2D eigenvalue weighted by Gasteiger charge is 2.17. The van der Waals surface area contributed by atoms with Gasteiger partial charge >= 0.3 is 0 Å². The molecule has 1 rings (SSSR count). The molecule has 0 bridgehead atoms. The molecule has 9 heavy (non-hydrogen) atoms. The van der Waals surface area contributed by atoms with E-state index in [2.05, 4.69) is 6.92 Å². The van der Waals surface area contributed by atoms with Crippen molar-refractivity contribution in [3.05, 3.63) is 0 Å². The molecule has 0 aromatic heterocycles. The zero-order valence-electron chi connectivity index (χ0n) is 6.39. The van der Waals surface area contributed by atoms with Crippen LogP contribution in [0.25, 0.3) is 0 Å². The van der Waals surface area contributed by atoms with Crippen LogP contribution in [-0.4, -0.2) is 13.2 Å². The quantitative estimate of drug-likeness (QED) is 0.526. The van der Waals surface area contributed by atoms with Crippen molar-refractivity contribution in [2.75, 3.05) is 7.11 Å². The fraction of sp³-hybridized carbons (Fsp3) is 1.00. The second-order valence-electron chi connectivity index (χ2n) is 3.13. The molecule has 0 aromatic rings. The summed E-state index contributed by atoms with van der Waals surface area (Å²) in [4.78, 5) is 0. The monoisotopic (exact) mass is 128 g/mol. The number of hydrogen-bond donors (Lipinski definition) is 0. The van der Waals surface area contributed by atoms with Crippen molar-refractivity contribution in [2.24, 2.45) is 5.92 Å². The highest BCUT2D eigenvalue weighted by molar-refractivity contribution is 4.69. The average molecular weight is 128 g/mol. The van der Waals surface area contributed by atoms with E-state index in [9.17, 15) is 0 Å². The van der Waals surface area contributed by atoms with Gasteiger partial charge in [-0.3, -0.25) is 0 Å². The summed E-state index contributed by atoms with van der Waals surface area (Å²) in [6.07, 6.45) is 5.88. The van der Waals surface area contributed by atoms with Gasteiger partial charge in [0.05, 0.1) is 6.10 Å². The van der Waals surface area contributed by atoms with Crippen LogP contribution < -0.4 is 0 Å². The van der Waals surface area contributed by atoms with Crippen LogP contribution in [0, 0.1) is 5.92 Å². The fourth-order valence-electron chi connectivity index (χ4n) is 1.59. The summed E-state index contributed by atoms with van der Waals surface area (Å²) < 4.78 is 5.26. The standard InChI is InChI=1S/C8H16O/c1-7-4-3-5-8(6-7)9-2/h7-8H,3-6H2,1-2H3/t7-,8-/m1/s1. The van der Waals surface area contributed by atoms with Gasteiger partial charge in [-0.2, -0.15) is 0 Å². The fourth-order valence-corrected chi connectivity index (χ4v) is 1.59. The Morgan fingerprint density at radius 2 is 2.11 bits per heavy atom. The first-order valence-corrected chi connectivity index (χ1v) is 3.85. The molecule has 1 aliphatic carbocycles. The van der Waals surface area contributed by atoms with E-state index in [1.807, 2.05) is 7.11 Å². The number of rotatable bonds is 1. The van der Waals surface area contributed by atoms with Crippen LogP contribution >= 0.6 is 0 Å². The first-order chi connectivity index (χ1) is 4.33. The van der Waals surface area contributed by atoms with Gasteiger partial charge in [-0.05, 0) is 18.8 Å². The van der Waals surface area contributed by atoms with Crippen molar-refractivity contribution in [3.8, 4) is 0 Å². The summed E-state index contributed by atoms with van der Waals surface area (Å²) in [7, 11) is 1.82. The zero-order chi connectivity index (χ0) is 6.69. The molecule has 54 valence electrons. The summed E-state index contributed by atoms with van der Waals surface area (Å²) in [6, 6.07) is 0. The number of ether oxygens (including phenoxy) is 1. The maximum Gasteiger partial charge on any atom is 0.0573 e. The summed E-state index contributed by atoms with van der Waals surface area (Å²) in [5.41, 5.74) is 0. The van der Waals surface area contributed by atoms with Gasteiger partial charge in [0.15, 0.2) is 0 Å². The van der Waals surface area contributed by atoms with E-state index >= 15 is 0 Å². The highest BCUT2D eigenvalue weighted by Crippen LogP contribution is 2.24. The third-order valence-corrected chi connectivity index (χ3v) is 2.22. The smallest absolute Gasteiger partial charge is 0.0573 e. The summed E-state index contributed by atoms with van der Waals surface area (Å²) in [5.74, 6) is 0.892. The van der Waals surface area contributed by atoms with Gasteiger partial charge in [-0.25, -0.2) is 0 Å². The molecule has 0 unspecified atom stereocenters.